The molecule has 131 valence electrons. The van der Waals surface area contributed by atoms with E-state index in [-0.39, 0.29) is 5.41 Å². The van der Waals surface area contributed by atoms with E-state index in [2.05, 4.69) is 91.3 Å². The minimum absolute atomic E-state index is 0.120. The average molecular weight is 332 g/mol. The molecule has 0 amide bonds. The van der Waals surface area contributed by atoms with Gasteiger partial charge in [-0.1, -0.05) is 87.7 Å². The molecule has 0 aromatic heterocycles. The molecule has 1 aliphatic rings. The molecular weight excluding hydrogens is 300 g/mol. The predicted octanol–water partition coefficient (Wildman–Crippen LogP) is 7.26. The van der Waals surface area contributed by atoms with Crippen molar-refractivity contribution in [1.29, 1.82) is 0 Å². The van der Waals surface area contributed by atoms with E-state index in [1.165, 1.54) is 50.9 Å². The Morgan fingerprint density at radius 2 is 1.60 bits per heavy atom. The fourth-order valence-electron chi connectivity index (χ4n) is 3.88. The lowest BCUT2D eigenvalue weighted by atomic mass is 9.79. The van der Waals surface area contributed by atoms with Crippen molar-refractivity contribution in [3.63, 3.8) is 0 Å². The maximum atomic E-state index is 2.44. The van der Waals surface area contributed by atoms with Crippen LogP contribution in [0.4, 0.5) is 0 Å². The Hall–Kier alpha value is -1.82. The van der Waals surface area contributed by atoms with Gasteiger partial charge in [-0.05, 0) is 59.4 Å². The van der Waals surface area contributed by atoms with Crippen molar-refractivity contribution in [2.75, 3.05) is 0 Å². The fourth-order valence-corrected chi connectivity index (χ4v) is 3.88. The lowest BCUT2D eigenvalue weighted by Crippen LogP contribution is -2.14. The van der Waals surface area contributed by atoms with Crippen LogP contribution in [-0.2, 0) is 5.41 Å². The number of benzene rings is 2. The van der Waals surface area contributed by atoms with E-state index in [0.717, 1.165) is 0 Å². The second kappa shape index (κ2) is 6.48. The summed E-state index contributed by atoms with van der Waals surface area (Å²) < 4.78 is 0. The number of aryl methyl sites for hydroxylation is 2. The van der Waals surface area contributed by atoms with Crippen molar-refractivity contribution >= 4 is 6.08 Å². The van der Waals surface area contributed by atoms with Gasteiger partial charge in [0.1, 0.15) is 0 Å². The topological polar surface area (TPSA) is 0 Å². The molecule has 0 spiro atoms. The van der Waals surface area contributed by atoms with Crippen LogP contribution < -0.4 is 0 Å². The molecule has 2 aromatic rings. The molecule has 0 saturated carbocycles. The molecule has 0 aliphatic heterocycles. The van der Waals surface area contributed by atoms with Crippen LogP contribution >= 0.6 is 0 Å². The highest BCUT2D eigenvalue weighted by molar-refractivity contribution is 5.86. The van der Waals surface area contributed by atoms with E-state index in [9.17, 15) is 0 Å². The van der Waals surface area contributed by atoms with Gasteiger partial charge in [-0.15, -0.1) is 0 Å². The number of hydrogen-bond acceptors (Lipinski definition) is 0. The van der Waals surface area contributed by atoms with Crippen LogP contribution in [0.5, 0.6) is 0 Å². The molecule has 2 aromatic carbocycles. The van der Waals surface area contributed by atoms with E-state index in [1.807, 2.05) is 0 Å². The Kier molecular flexibility index (Phi) is 4.66. The van der Waals surface area contributed by atoms with Crippen molar-refractivity contribution in [3.05, 3.63) is 70.1 Å². The van der Waals surface area contributed by atoms with Crippen LogP contribution in [0.1, 0.15) is 68.9 Å². The Morgan fingerprint density at radius 1 is 0.960 bits per heavy atom. The summed E-state index contributed by atoms with van der Waals surface area (Å²) in [6.45, 7) is 15.9. The monoisotopic (exact) mass is 331 g/mol. The van der Waals surface area contributed by atoms with Gasteiger partial charge in [-0.2, -0.15) is 0 Å². The van der Waals surface area contributed by atoms with Gasteiger partial charge in [0.05, 0.1) is 0 Å². The van der Waals surface area contributed by atoms with Gasteiger partial charge in [-0.3, -0.25) is 0 Å². The molecule has 1 radical (unpaired) electrons. The Balaban J connectivity index is 2.28. The molecule has 25 heavy (non-hydrogen) atoms. The lowest BCUT2D eigenvalue weighted by Gasteiger charge is -2.25. The summed E-state index contributed by atoms with van der Waals surface area (Å²) in [5.41, 5.74) is 11.3. The highest BCUT2D eigenvalue weighted by Gasteiger charge is 2.26. The molecule has 0 saturated heterocycles. The molecule has 0 nitrogen and oxygen atoms in total. The molecule has 0 bridgehead atoms. The van der Waals surface area contributed by atoms with Crippen LogP contribution in [-0.4, -0.2) is 0 Å². The first kappa shape index (κ1) is 18.0. The maximum absolute atomic E-state index is 2.44. The van der Waals surface area contributed by atoms with E-state index in [1.54, 1.807) is 0 Å². The molecule has 0 heteroatoms. The summed E-state index contributed by atoms with van der Waals surface area (Å²) in [5.74, 6) is 0.609. The first-order chi connectivity index (χ1) is 11.7. The summed E-state index contributed by atoms with van der Waals surface area (Å²) in [7, 11) is 0. The Labute approximate surface area is 154 Å². The van der Waals surface area contributed by atoms with E-state index in [0.29, 0.717) is 5.92 Å². The van der Waals surface area contributed by atoms with Gasteiger partial charge in [0.25, 0.3) is 0 Å². The van der Waals surface area contributed by atoms with Crippen LogP contribution in [0, 0.1) is 26.2 Å². The molecule has 1 unspecified atom stereocenters. The first-order valence-electron chi connectivity index (χ1n) is 9.53. The minimum Gasteiger partial charge on any atom is -0.0648 e. The fraction of sp³-hybridized carbons (Fsp3) is 0.400. The second-order valence-corrected chi connectivity index (χ2v) is 8.72. The number of allylic oxidation sites excluding steroid dienone is 1. The zero-order valence-electron chi connectivity index (χ0n) is 16.8. The van der Waals surface area contributed by atoms with Crippen molar-refractivity contribution < 1.29 is 0 Å². The van der Waals surface area contributed by atoms with E-state index in [4.69, 9.17) is 0 Å². The SMILES string of the molecule is CCC(C)C1=Cc2c(ccc(C(C)(C)C)c2-c2cc(C)cc(C)c2)[CH]1. The molecule has 0 fully saturated rings. The largest absolute Gasteiger partial charge is 0.0648 e. The van der Waals surface area contributed by atoms with Crippen molar-refractivity contribution in [2.45, 2.75) is 60.3 Å². The van der Waals surface area contributed by atoms with Crippen LogP contribution in [0.15, 0.2) is 35.9 Å². The van der Waals surface area contributed by atoms with Crippen LogP contribution in [0.25, 0.3) is 17.2 Å². The normalized spacial score (nSPS) is 15.1. The molecular formula is C25H31. The molecule has 1 aliphatic carbocycles. The standard InChI is InChI=1S/C25H31/c1-8-18(4)20-14-19-9-10-23(25(5,6)7)24(22(19)15-20)21-12-16(2)11-17(3)13-21/h9-15,18H,8H2,1-7H3. The maximum Gasteiger partial charge on any atom is 0.0167 e. The summed E-state index contributed by atoms with van der Waals surface area (Å²) in [5, 5.41) is 0. The van der Waals surface area contributed by atoms with Gasteiger partial charge in [0.15, 0.2) is 0 Å². The number of hydrogen-bond donors (Lipinski definition) is 0. The zero-order chi connectivity index (χ0) is 18.4. The van der Waals surface area contributed by atoms with E-state index < -0.39 is 0 Å². The highest BCUT2D eigenvalue weighted by Crippen LogP contribution is 2.43. The van der Waals surface area contributed by atoms with Gasteiger partial charge < -0.3 is 0 Å². The summed E-state index contributed by atoms with van der Waals surface area (Å²) in [6.07, 6.45) is 6.01. The third kappa shape index (κ3) is 3.45. The Morgan fingerprint density at radius 3 is 2.16 bits per heavy atom. The summed E-state index contributed by atoms with van der Waals surface area (Å²) >= 11 is 0. The summed E-state index contributed by atoms with van der Waals surface area (Å²) in [6, 6.07) is 11.6. The van der Waals surface area contributed by atoms with Gasteiger partial charge >= 0.3 is 0 Å². The lowest BCUT2D eigenvalue weighted by molar-refractivity contribution is 0.592. The first-order valence-corrected chi connectivity index (χ1v) is 9.53. The molecule has 1 atom stereocenters. The Bertz CT molecular complexity index is 808. The number of fused-ring (bicyclic) bond motifs is 1. The van der Waals surface area contributed by atoms with Gasteiger partial charge in [-0.25, -0.2) is 0 Å². The average Bonchev–Trinajstić information content (AvgIpc) is 2.95. The van der Waals surface area contributed by atoms with Crippen molar-refractivity contribution in [3.8, 4) is 11.1 Å². The van der Waals surface area contributed by atoms with E-state index >= 15 is 0 Å². The second-order valence-electron chi connectivity index (χ2n) is 8.72. The quantitative estimate of drug-likeness (QED) is 0.555. The molecule has 3 rings (SSSR count). The predicted molar refractivity (Wildman–Crippen MR) is 111 cm³/mol. The third-order valence-electron chi connectivity index (χ3n) is 5.41. The number of rotatable bonds is 3. The summed E-state index contributed by atoms with van der Waals surface area (Å²) in [4.78, 5) is 0. The highest BCUT2D eigenvalue weighted by atomic mass is 14.3. The van der Waals surface area contributed by atoms with Crippen LogP contribution in [0.3, 0.4) is 0 Å². The molecule has 0 heterocycles. The van der Waals surface area contributed by atoms with Crippen molar-refractivity contribution in [2.24, 2.45) is 5.92 Å². The van der Waals surface area contributed by atoms with Crippen molar-refractivity contribution in [1.82, 2.24) is 0 Å². The van der Waals surface area contributed by atoms with Gasteiger partial charge in [0.2, 0.25) is 0 Å². The minimum atomic E-state index is 0.120. The van der Waals surface area contributed by atoms with Gasteiger partial charge in [0, 0.05) is 6.42 Å². The zero-order valence-corrected chi connectivity index (χ0v) is 16.8. The molecule has 0 N–H and O–H groups in total. The smallest absolute Gasteiger partial charge is 0.0167 e. The van der Waals surface area contributed by atoms with Crippen LogP contribution in [0.2, 0.25) is 0 Å². The third-order valence-corrected chi connectivity index (χ3v) is 5.41.